The molecule has 0 fully saturated rings. The first kappa shape index (κ1) is 23.3. The predicted molar refractivity (Wildman–Crippen MR) is 126 cm³/mol. The summed E-state index contributed by atoms with van der Waals surface area (Å²) in [5, 5.41) is 3.93. The quantitative estimate of drug-likeness (QED) is 0.192. The molecular weight excluding hydrogens is 436 g/mol. The molecule has 0 aliphatic rings. The van der Waals surface area contributed by atoms with Crippen molar-refractivity contribution in [3.05, 3.63) is 35.4 Å². The molecule has 0 saturated heterocycles. The Kier molecular flexibility index (Phi) is 11.8. The van der Waals surface area contributed by atoms with Gasteiger partial charge in [-0.2, -0.15) is 0 Å². The lowest BCUT2D eigenvalue weighted by atomic mass is 10.1. The zero-order valence-corrected chi connectivity index (χ0v) is 19.5. The maximum Gasteiger partial charge on any atom is 0.138 e. The molecule has 2 aromatic rings. The highest BCUT2D eigenvalue weighted by Gasteiger charge is 2.08. The molecule has 0 spiro atoms. The average molecular weight is 470 g/mol. The van der Waals surface area contributed by atoms with Crippen molar-refractivity contribution in [2.45, 2.75) is 71.1 Å². The molecule has 0 aliphatic heterocycles. The number of benzene rings is 2. The minimum Gasteiger partial charge on any atom is -0.494 e. The van der Waals surface area contributed by atoms with Crippen LogP contribution in [-0.2, 0) is 0 Å². The largest absolute Gasteiger partial charge is 0.494 e. The summed E-state index contributed by atoms with van der Waals surface area (Å²) >= 11 is 10.1. The van der Waals surface area contributed by atoms with Gasteiger partial charge in [0, 0.05) is 10.7 Å². The third-order valence-electron chi connectivity index (χ3n) is 4.94. The van der Waals surface area contributed by atoms with Crippen molar-refractivity contribution in [2.24, 2.45) is 0 Å². The fourth-order valence-electron chi connectivity index (χ4n) is 3.26. The molecule has 0 amide bonds. The number of ether oxygens (including phenoxy) is 2. The standard InChI is InChI=1S/C24H34BrClO2/c1-2-3-4-10-17-27-21-13-14-22-20(19-21)12-15-23(24(22)26)28-18-11-8-6-5-7-9-16-25/h12-15,19H,2-11,16-18H2,1H3. The van der Waals surface area contributed by atoms with Gasteiger partial charge in [-0.05, 0) is 48.9 Å². The summed E-state index contributed by atoms with van der Waals surface area (Å²) in [6.45, 7) is 3.72. The minimum atomic E-state index is 0.698. The molecule has 28 heavy (non-hydrogen) atoms. The number of unbranched alkanes of at least 4 members (excludes halogenated alkanes) is 8. The summed E-state index contributed by atoms with van der Waals surface area (Å²) in [4.78, 5) is 0. The van der Waals surface area contributed by atoms with Crippen molar-refractivity contribution >= 4 is 38.3 Å². The highest BCUT2D eigenvalue weighted by atomic mass is 79.9. The van der Waals surface area contributed by atoms with Gasteiger partial charge in [0.2, 0.25) is 0 Å². The molecule has 0 heterocycles. The van der Waals surface area contributed by atoms with Crippen LogP contribution in [-0.4, -0.2) is 18.5 Å². The maximum atomic E-state index is 6.58. The highest BCUT2D eigenvalue weighted by Crippen LogP contribution is 2.34. The summed E-state index contributed by atoms with van der Waals surface area (Å²) in [7, 11) is 0. The summed E-state index contributed by atoms with van der Waals surface area (Å²) in [6, 6.07) is 10.2. The SMILES string of the molecule is CCCCCCOc1ccc2c(Cl)c(OCCCCCCCCBr)ccc2c1. The van der Waals surface area contributed by atoms with Crippen LogP contribution in [0.15, 0.2) is 30.3 Å². The first-order chi connectivity index (χ1) is 13.8. The third-order valence-corrected chi connectivity index (χ3v) is 5.89. The topological polar surface area (TPSA) is 18.5 Å². The second-order valence-corrected chi connectivity index (χ2v) is 8.50. The Morgan fingerprint density at radius 2 is 1.46 bits per heavy atom. The molecular formula is C24H34BrClO2. The van der Waals surface area contributed by atoms with E-state index in [1.165, 1.54) is 51.4 Å². The van der Waals surface area contributed by atoms with Gasteiger partial charge in [-0.15, -0.1) is 0 Å². The van der Waals surface area contributed by atoms with Gasteiger partial charge in [0.25, 0.3) is 0 Å². The van der Waals surface area contributed by atoms with E-state index in [1.54, 1.807) is 0 Å². The zero-order chi connectivity index (χ0) is 20.0. The Morgan fingerprint density at radius 1 is 0.786 bits per heavy atom. The fourth-order valence-corrected chi connectivity index (χ4v) is 3.94. The normalized spacial score (nSPS) is 11.1. The Hall–Kier alpha value is -0.930. The van der Waals surface area contributed by atoms with Gasteiger partial charge >= 0.3 is 0 Å². The molecule has 156 valence electrons. The molecule has 0 bridgehead atoms. The summed E-state index contributed by atoms with van der Waals surface area (Å²) in [5.41, 5.74) is 0. The van der Waals surface area contributed by atoms with E-state index in [1.807, 2.05) is 18.2 Å². The second kappa shape index (κ2) is 14.1. The van der Waals surface area contributed by atoms with E-state index in [0.29, 0.717) is 5.02 Å². The monoisotopic (exact) mass is 468 g/mol. The third kappa shape index (κ3) is 8.21. The highest BCUT2D eigenvalue weighted by molar-refractivity contribution is 9.09. The van der Waals surface area contributed by atoms with Crippen LogP contribution in [0.4, 0.5) is 0 Å². The van der Waals surface area contributed by atoms with Crippen LogP contribution in [0, 0.1) is 0 Å². The molecule has 2 rings (SSSR count). The summed E-state index contributed by atoms with van der Waals surface area (Å²) in [5.74, 6) is 1.69. The van der Waals surface area contributed by atoms with Crippen molar-refractivity contribution in [3.8, 4) is 11.5 Å². The lowest BCUT2D eigenvalue weighted by Gasteiger charge is -2.12. The van der Waals surface area contributed by atoms with Gasteiger partial charge in [0.15, 0.2) is 0 Å². The van der Waals surface area contributed by atoms with Gasteiger partial charge in [0.1, 0.15) is 11.5 Å². The van der Waals surface area contributed by atoms with E-state index >= 15 is 0 Å². The predicted octanol–water partition coefficient (Wildman–Crippen LogP) is 8.57. The fraction of sp³-hybridized carbons (Fsp3) is 0.583. The first-order valence-corrected chi connectivity index (χ1v) is 12.3. The van der Waals surface area contributed by atoms with E-state index in [-0.39, 0.29) is 0 Å². The van der Waals surface area contributed by atoms with E-state index in [2.05, 4.69) is 35.0 Å². The van der Waals surface area contributed by atoms with E-state index in [9.17, 15) is 0 Å². The van der Waals surface area contributed by atoms with Crippen LogP contribution in [0.1, 0.15) is 71.1 Å². The van der Waals surface area contributed by atoms with Crippen LogP contribution >= 0.6 is 27.5 Å². The van der Waals surface area contributed by atoms with Crippen LogP contribution in [0.3, 0.4) is 0 Å². The van der Waals surface area contributed by atoms with Crippen LogP contribution in [0.2, 0.25) is 5.02 Å². The molecule has 0 radical (unpaired) electrons. The Morgan fingerprint density at radius 3 is 2.21 bits per heavy atom. The van der Waals surface area contributed by atoms with E-state index in [0.717, 1.165) is 53.7 Å². The first-order valence-electron chi connectivity index (χ1n) is 10.8. The van der Waals surface area contributed by atoms with Gasteiger partial charge in [0.05, 0.1) is 18.2 Å². The zero-order valence-electron chi connectivity index (χ0n) is 17.2. The number of fused-ring (bicyclic) bond motifs is 1. The average Bonchev–Trinajstić information content (AvgIpc) is 2.71. The minimum absolute atomic E-state index is 0.698. The summed E-state index contributed by atoms with van der Waals surface area (Å²) < 4.78 is 11.8. The smallest absolute Gasteiger partial charge is 0.138 e. The Balaban J connectivity index is 1.79. The number of rotatable bonds is 15. The van der Waals surface area contributed by atoms with Crippen LogP contribution in [0.5, 0.6) is 11.5 Å². The van der Waals surface area contributed by atoms with Gasteiger partial charge in [-0.3, -0.25) is 0 Å². The van der Waals surface area contributed by atoms with Crippen molar-refractivity contribution in [1.29, 1.82) is 0 Å². The maximum absolute atomic E-state index is 6.58. The molecule has 4 heteroatoms. The van der Waals surface area contributed by atoms with Gasteiger partial charge < -0.3 is 9.47 Å². The molecule has 0 aliphatic carbocycles. The molecule has 2 aromatic carbocycles. The molecule has 2 nitrogen and oxygen atoms in total. The molecule has 0 atom stereocenters. The number of hydrogen-bond donors (Lipinski definition) is 0. The van der Waals surface area contributed by atoms with Crippen LogP contribution < -0.4 is 9.47 Å². The van der Waals surface area contributed by atoms with Crippen molar-refractivity contribution in [3.63, 3.8) is 0 Å². The van der Waals surface area contributed by atoms with Crippen molar-refractivity contribution in [2.75, 3.05) is 18.5 Å². The Bertz CT molecular complexity index is 690. The molecule has 0 N–H and O–H groups in total. The summed E-state index contributed by atoms with van der Waals surface area (Å²) in [6.07, 6.45) is 12.3. The van der Waals surface area contributed by atoms with Crippen molar-refractivity contribution in [1.82, 2.24) is 0 Å². The lowest BCUT2D eigenvalue weighted by molar-refractivity contribution is 0.304. The van der Waals surface area contributed by atoms with Gasteiger partial charge in [-0.25, -0.2) is 0 Å². The number of halogens is 2. The number of hydrogen-bond acceptors (Lipinski definition) is 2. The van der Waals surface area contributed by atoms with Crippen molar-refractivity contribution < 1.29 is 9.47 Å². The van der Waals surface area contributed by atoms with E-state index < -0.39 is 0 Å². The molecule has 0 unspecified atom stereocenters. The molecule has 0 aromatic heterocycles. The van der Waals surface area contributed by atoms with E-state index in [4.69, 9.17) is 21.1 Å². The second-order valence-electron chi connectivity index (χ2n) is 7.33. The van der Waals surface area contributed by atoms with Gasteiger partial charge in [-0.1, -0.05) is 85.5 Å². The number of alkyl halides is 1. The Labute approximate surface area is 184 Å². The van der Waals surface area contributed by atoms with Crippen LogP contribution in [0.25, 0.3) is 10.8 Å². The lowest BCUT2D eigenvalue weighted by Crippen LogP contribution is -1.99. The molecule has 0 saturated carbocycles.